The molecule has 1 aliphatic heterocycles. The highest BCUT2D eigenvalue weighted by atomic mass is 16.5. The SMILES string of the molecule is CCC(CNC(=O)N1CC(C)C(C(=O)OC)C1)C(=O)O. The van der Waals surface area contributed by atoms with Crippen molar-refractivity contribution in [1.82, 2.24) is 10.2 Å². The summed E-state index contributed by atoms with van der Waals surface area (Å²) < 4.78 is 4.70. The van der Waals surface area contributed by atoms with Crippen LogP contribution < -0.4 is 5.32 Å². The van der Waals surface area contributed by atoms with Crippen molar-refractivity contribution < 1.29 is 24.2 Å². The van der Waals surface area contributed by atoms with Gasteiger partial charge in [-0.3, -0.25) is 9.59 Å². The Morgan fingerprint density at radius 2 is 2.05 bits per heavy atom. The Hall–Kier alpha value is -1.79. The van der Waals surface area contributed by atoms with Crippen molar-refractivity contribution in [2.75, 3.05) is 26.7 Å². The Morgan fingerprint density at radius 3 is 2.55 bits per heavy atom. The first-order chi connectivity index (χ1) is 9.40. The zero-order valence-corrected chi connectivity index (χ0v) is 12.1. The second-order valence-electron chi connectivity index (χ2n) is 5.14. The lowest BCUT2D eigenvalue weighted by atomic mass is 9.99. The summed E-state index contributed by atoms with van der Waals surface area (Å²) in [7, 11) is 1.33. The molecule has 0 spiro atoms. The summed E-state index contributed by atoms with van der Waals surface area (Å²) in [6.07, 6.45) is 0.455. The molecule has 3 atom stereocenters. The highest BCUT2D eigenvalue weighted by Gasteiger charge is 2.37. The Bertz CT molecular complexity index is 385. The van der Waals surface area contributed by atoms with Gasteiger partial charge in [-0.1, -0.05) is 13.8 Å². The fourth-order valence-corrected chi connectivity index (χ4v) is 2.32. The first kappa shape index (κ1) is 16.3. The van der Waals surface area contributed by atoms with Crippen LogP contribution in [-0.4, -0.2) is 54.7 Å². The first-order valence-electron chi connectivity index (χ1n) is 6.74. The van der Waals surface area contributed by atoms with E-state index in [2.05, 4.69) is 5.32 Å². The second-order valence-corrected chi connectivity index (χ2v) is 5.14. The van der Waals surface area contributed by atoms with Crippen molar-refractivity contribution >= 4 is 18.0 Å². The monoisotopic (exact) mass is 286 g/mol. The molecule has 114 valence electrons. The Labute approximate surface area is 118 Å². The number of carbonyl (C=O) groups is 3. The molecule has 2 amide bonds. The number of urea groups is 1. The van der Waals surface area contributed by atoms with Crippen molar-refractivity contribution in [2.24, 2.45) is 17.8 Å². The zero-order valence-electron chi connectivity index (χ0n) is 12.1. The van der Waals surface area contributed by atoms with Crippen LogP contribution in [-0.2, 0) is 14.3 Å². The molecule has 3 unspecified atom stereocenters. The largest absolute Gasteiger partial charge is 0.481 e. The number of carbonyl (C=O) groups excluding carboxylic acids is 2. The molecule has 1 fully saturated rings. The molecule has 2 N–H and O–H groups in total. The predicted molar refractivity (Wildman–Crippen MR) is 71.1 cm³/mol. The summed E-state index contributed by atoms with van der Waals surface area (Å²) in [5.41, 5.74) is 0. The molecule has 1 saturated heterocycles. The molecule has 0 aliphatic carbocycles. The van der Waals surface area contributed by atoms with Crippen molar-refractivity contribution in [3.05, 3.63) is 0 Å². The van der Waals surface area contributed by atoms with Gasteiger partial charge in [0.05, 0.1) is 18.9 Å². The lowest BCUT2D eigenvalue weighted by Crippen LogP contribution is -2.42. The normalized spacial score (nSPS) is 23.2. The average molecular weight is 286 g/mol. The van der Waals surface area contributed by atoms with Crippen LogP contribution in [0.5, 0.6) is 0 Å². The van der Waals surface area contributed by atoms with Crippen molar-refractivity contribution in [3.8, 4) is 0 Å². The summed E-state index contributed by atoms with van der Waals surface area (Å²) in [5.74, 6) is -2.10. The summed E-state index contributed by atoms with van der Waals surface area (Å²) in [6.45, 7) is 4.52. The summed E-state index contributed by atoms with van der Waals surface area (Å²) in [5, 5.41) is 11.5. The van der Waals surface area contributed by atoms with Gasteiger partial charge in [0.1, 0.15) is 0 Å². The molecule has 7 heteroatoms. The third kappa shape index (κ3) is 3.85. The smallest absolute Gasteiger partial charge is 0.317 e. The molecule has 0 bridgehead atoms. The molecule has 1 aliphatic rings. The third-order valence-corrected chi connectivity index (χ3v) is 3.75. The van der Waals surface area contributed by atoms with E-state index in [4.69, 9.17) is 9.84 Å². The summed E-state index contributed by atoms with van der Waals surface area (Å²) >= 11 is 0. The maximum Gasteiger partial charge on any atom is 0.317 e. The van der Waals surface area contributed by atoms with Gasteiger partial charge in [0.15, 0.2) is 0 Å². The number of methoxy groups -OCH3 is 1. The number of ether oxygens (including phenoxy) is 1. The van der Waals surface area contributed by atoms with Gasteiger partial charge in [-0.15, -0.1) is 0 Å². The average Bonchev–Trinajstić information content (AvgIpc) is 2.80. The number of hydrogen-bond donors (Lipinski definition) is 2. The van der Waals surface area contributed by atoms with Crippen molar-refractivity contribution in [1.29, 1.82) is 0 Å². The number of hydrogen-bond acceptors (Lipinski definition) is 4. The van der Waals surface area contributed by atoms with Gasteiger partial charge in [-0.2, -0.15) is 0 Å². The number of esters is 1. The number of carboxylic acid groups (broad SMARTS) is 1. The van der Waals surface area contributed by atoms with E-state index in [0.29, 0.717) is 19.5 Å². The van der Waals surface area contributed by atoms with Crippen LogP contribution >= 0.6 is 0 Å². The minimum absolute atomic E-state index is 0.0367. The molecule has 0 radical (unpaired) electrons. The van der Waals surface area contributed by atoms with E-state index in [1.54, 1.807) is 6.92 Å². The van der Waals surface area contributed by atoms with E-state index >= 15 is 0 Å². The quantitative estimate of drug-likeness (QED) is 0.719. The molecule has 0 aromatic rings. The van der Waals surface area contributed by atoms with Gasteiger partial charge in [0, 0.05) is 19.6 Å². The van der Waals surface area contributed by atoms with E-state index in [-0.39, 0.29) is 30.4 Å². The highest BCUT2D eigenvalue weighted by molar-refractivity contribution is 5.79. The van der Waals surface area contributed by atoms with Gasteiger partial charge in [-0.25, -0.2) is 4.79 Å². The standard InChI is InChI=1S/C13H22N2O5/c1-4-9(11(16)17)5-14-13(19)15-6-8(2)10(7-15)12(18)20-3/h8-10H,4-7H2,1-3H3,(H,14,19)(H,16,17). The van der Waals surface area contributed by atoms with Crippen LogP contribution in [0.3, 0.4) is 0 Å². The molecular weight excluding hydrogens is 264 g/mol. The molecule has 0 saturated carbocycles. The molecule has 20 heavy (non-hydrogen) atoms. The minimum atomic E-state index is -0.921. The number of nitrogens with one attached hydrogen (secondary N) is 1. The van der Waals surface area contributed by atoms with Crippen LogP contribution in [0.25, 0.3) is 0 Å². The van der Waals surface area contributed by atoms with Gasteiger partial charge in [-0.05, 0) is 12.3 Å². The predicted octanol–water partition coefficient (Wildman–Crippen LogP) is 0.548. The molecule has 0 aromatic heterocycles. The number of nitrogens with zero attached hydrogens (tertiary/aromatic N) is 1. The van der Waals surface area contributed by atoms with E-state index in [1.807, 2.05) is 6.92 Å². The van der Waals surface area contributed by atoms with Gasteiger partial charge in [0.2, 0.25) is 0 Å². The number of aliphatic carboxylic acids is 1. The van der Waals surface area contributed by atoms with E-state index in [1.165, 1.54) is 12.0 Å². The van der Waals surface area contributed by atoms with Crippen LogP contribution in [0.15, 0.2) is 0 Å². The fraction of sp³-hybridized carbons (Fsp3) is 0.769. The Morgan fingerprint density at radius 1 is 1.40 bits per heavy atom. The topological polar surface area (TPSA) is 95.9 Å². The highest BCUT2D eigenvalue weighted by Crippen LogP contribution is 2.23. The van der Waals surface area contributed by atoms with Crippen LogP contribution in [0, 0.1) is 17.8 Å². The van der Waals surface area contributed by atoms with Crippen molar-refractivity contribution in [3.63, 3.8) is 0 Å². The van der Waals surface area contributed by atoms with E-state index in [9.17, 15) is 14.4 Å². The summed E-state index contributed by atoms with van der Waals surface area (Å²) in [4.78, 5) is 35.9. The summed E-state index contributed by atoms with van der Waals surface area (Å²) in [6, 6.07) is -0.331. The van der Waals surface area contributed by atoms with E-state index in [0.717, 1.165) is 0 Å². The van der Waals surface area contributed by atoms with Gasteiger partial charge in [0.25, 0.3) is 0 Å². The fourth-order valence-electron chi connectivity index (χ4n) is 2.32. The molecule has 1 rings (SSSR count). The van der Waals surface area contributed by atoms with Crippen LogP contribution in [0.2, 0.25) is 0 Å². The zero-order chi connectivity index (χ0) is 15.3. The number of likely N-dealkylation sites (tertiary alicyclic amines) is 1. The molecule has 7 nitrogen and oxygen atoms in total. The minimum Gasteiger partial charge on any atom is -0.481 e. The van der Waals surface area contributed by atoms with Crippen LogP contribution in [0.1, 0.15) is 20.3 Å². The van der Waals surface area contributed by atoms with E-state index < -0.39 is 11.9 Å². The Balaban J connectivity index is 2.49. The molecular formula is C13H22N2O5. The molecule has 0 aromatic carbocycles. The third-order valence-electron chi connectivity index (χ3n) is 3.75. The second kappa shape index (κ2) is 7.12. The number of amides is 2. The lowest BCUT2D eigenvalue weighted by Gasteiger charge is -2.18. The van der Waals surface area contributed by atoms with Crippen LogP contribution in [0.4, 0.5) is 4.79 Å². The van der Waals surface area contributed by atoms with Gasteiger partial charge >= 0.3 is 18.0 Å². The number of rotatable bonds is 5. The van der Waals surface area contributed by atoms with Crippen molar-refractivity contribution in [2.45, 2.75) is 20.3 Å². The lowest BCUT2D eigenvalue weighted by molar-refractivity contribution is -0.146. The maximum atomic E-state index is 12.0. The maximum absolute atomic E-state index is 12.0. The van der Waals surface area contributed by atoms with Gasteiger partial charge < -0.3 is 20.1 Å². The Kier molecular flexibility index (Phi) is 5.79. The first-order valence-corrected chi connectivity index (χ1v) is 6.74. The molecule has 1 heterocycles. The number of carboxylic acids is 1.